The number of hydrogen-bond donors (Lipinski definition) is 1. The van der Waals surface area contributed by atoms with E-state index in [2.05, 4.69) is 10.3 Å². The summed E-state index contributed by atoms with van der Waals surface area (Å²) in [4.78, 5) is 16.9. The Bertz CT molecular complexity index is 876. The van der Waals surface area contributed by atoms with Crippen LogP contribution in [0.5, 0.6) is 5.75 Å². The Labute approximate surface area is 161 Å². The second-order valence-electron chi connectivity index (χ2n) is 5.89. The summed E-state index contributed by atoms with van der Waals surface area (Å²) >= 11 is 7.43. The summed E-state index contributed by atoms with van der Waals surface area (Å²) in [6, 6.07) is 15.1. The third-order valence-electron chi connectivity index (χ3n) is 3.98. The number of nitrogens with zero attached hydrogens (tertiary/aromatic N) is 1. The highest BCUT2D eigenvalue weighted by molar-refractivity contribution is 7.13. The highest BCUT2D eigenvalue weighted by atomic mass is 35.5. The van der Waals surface area contributed by atoms with Gasteiger partial charge in [0.25, 0.3) is 0 Å². The zero-order valence-electron chi connectivity index (χ0n) is 14.5. The minimum atomic E-state index is -0.0838. The minimum Gasteiger partial charge on any atom is -0.497 e. The lowest BCUT2D eigenvalue weighted by molar-refractivity contribution is -0.121. The summed E-state index contributed by atoms with van der Waals surface area (Å²) in [6.07, 6.45) is 0.255. The first-order valence-electron chi connectivity index (χ1n) is 8.19. The van der Waals surface area contributed by atoms with Gasteiger partial charge in [-0.3, -0.25) is 4.79 Å². The lowest BCUT2D eigenvalue weighted by atomic mass is 10.1. The number of hydrogen-bond acceptors (Lipinski definition) is 4. The molecule has 0 radical (unpaired) electrons. The van der Waals surface area contributed by atoms with Crippen molar-refractivity contribution in [1.29, 1.82) is 0 Å². The number of carbonyl (C=O) groups excluding carboxylic acids is 1. The Balaban J connectivity index is 1.61. The molecule has 0 saturated heterocycles. The highest BCUT2D eigenvalue weighted by Crippen LogP contribution is 2.26. The molecule has 26 heavy (non-hydrogen) atoms. The fourth-order valence-corrected chi connectivity index (χ4v) is 3.50. The number of methoxy groups -OCH3 is 1. The number of amides is 1. The number of halogens is 1. The Hall–Kier alpha value is -2.37. The molecule has 3 aromatic rings. The van der Waals surface area contributed by atoms with Crippen LogP contribution in [-0.2, 0) is 11.2 Å². The van der Waals surface area contributed by atoms with Gasteiger partial charge in [0, 0.05) is 16.0 Å². The molecule has 1 amide bonds. The third kappa shape index (κ3) is 4.62. The first-order valence-corrected chi connectivity index (χ1v) is 9.44. The first-order chi connectivity index (χ1) is 12.5. The van der Waals surface area contributed by atoms with Crippen LogP contribution in [0.15, 0.2) is 53.9 Å². The van der Waals surface area contributed by atoms with Crippen molar-refractivity contribution >= 4 is 28.8 Å². The first kappa shape index (κ1) is 18.4. The summed E-state index contributed by atoms with van der Waals surface area (Å²) in [5.41, 5.74) is 2.79. The maximum atomic E-state index is 12.3. The van der Waals surface area contributed by atoms with E-state index in [1.165, 1.54) is 11.3 Å². The van der Waals surface area contributed by atoms with Gasteiger partial charge in [-0.05, 0) is 48.9 Å². The second-order valence-corrected chi connectivity index (χ2v) is 7.18. The largest absolute Gasteiger partial charge is 0.497 e. The van der Waals surface area contributed by atoms with E-state index in [1.807, 2.05) is 60.8 Å². The monoisotopic (exact) mass is 386 g/mol. The van der Waals surface area contributed by atoms with Crippen LogP contribution in [0, 0.1) is 0 Å². The maximum absolute atomic E-state index is 12.3. The topological polar surface area (TPSA) is 51.2 Å². The van der Waals surface area contributed by atoms with Gasteiger partial charge in [-0.15, -0.1) is 11.3 Å². The molecule has 0 unspecified atom stereocenters. The SMILES string of the molecule is COc1ccc(-c2nc(CC(=O)N[C@@H](C)c3ccc(Cl)cc3)cs2)cc1. The van der Waals surface area contributed by atoms with Gasteiger partial charge in [0.2, 0.25) is 5.91 Å². The van der Waals surface area contributed by atoms with Crippen molar-refractivity contribution in [3.05, 3.63) is 70.2 Å². The Morgan fingerprint density at radius 3 is 2.54 bits per heavy atom. The van der Waals surface area contributed by atoms with Crippen LogP contribution in [0.4, 0.5) is 0 Å². The lowest BCUT2D eigenvalue weighted by Gasteiger charge is -2.14. The number of aromatic nitrogens is 1. The van der Waals surface area contributed by atoms with Crippen LogP contribution in [0.2, 0.25) is 5.02 Å². The summed E-state index contributed by atoms with van der Waals surface area (Å²) in [7, 11) is 1.64. The molecule has 134 valence electrons. The van der Waals surface area contributed by atoms with E-state index in [4.69, 9.17) is 16.3 Å². The van der Waals surface area contributed by atoms with Crippen molar-refractivity contribution in [2.45, 2.75) is 19.4 Å². The molecule has 4 nitrogen and oxygen atoms in total. The number of rotatable bonds is 6. The van der Waals surface area contributed by atoms with E-state index >= 15 is 0 Å². The maximum Gasteiger partial charge on any atom is 0.226 e. The molecule has 1 heterocycles. The van der Waals surface area contributed by atoms with Gasteiger partial charge in [0.1, 0.15) is 10.8 Å². The van der Waals surface area contributed by atoms with Crippen LogP contribution < -0.4 is 10.1 Å². The highest BCUT2D eigenvalue weighted by Gasteiger charge is 2.13. The van der Waals surface area contributed by atoms with E-state index in [0.717, 1.165) is 27.6 Å². The molecule has 1 atom stereocenters. The Morgan fingerprint density at radius 2 is 1.88 bits per heavy atom. The molecule has 0 bridgehead atoms. The normalized spacial score (nSPS) is 11.8. The van der Waals surface area contributed by atoms with Crippen LogP contribution >= 0.6 is 22.9 Å². The van der Waals surface area contributed by atoms with Gasteiger partial charge in [-0.1, -0.05) is 23.7 Å². The molecule has 0 aliphatic carbocycles. The van der Waals surface area contributed by atoms with Crippen LogP contribution in [0.25, 0.3) is 10.6 Å². The molecular formula is C20H19ClN2O2S. The number of nitrogens with one attached hydrogen (secondary N) is 1. The van der Waals surface area contributed by atoms with Crippen LogP contribution in [0.3, 0.4) is 0 Å². The average Bonchev–Trinajstić information content (AvgIpc) is 3.10. The quantitative estimate of drug-likeness (QED) is 0.656. The second kappa shape index (κ2) is 8.34. The zero-order valence-corrected chi connectivity index (χ0v) is 16.1. The number of benzene rings is 2. The van der Waals surface area contributed by atoms with Gasteiger partial charge in [-0.2, -0.15) is 0 Å². The van der Waals surface area contributed by atoms with Gasteiger partial charge in [0.15, 0.2) is 0 Å². The molecule has 6 heteroatoms. The molecule has 3 rings (SSSR count). The number of thiazole rings is 1. The van der Waals surface area contributed by atoms with Crippen molar-refractivity contribution in [2.24, 2.45) is 0 Å². The summed E-state index contributed by atoms with van der Waals surface area (Å²) in [5, 5.41) is 6.49. The molecule has 2 aromatic carbocycles. The average molecular weight is 387 g/mol. The summed E-state index contributed by atoms with van der Waals surface area (Å²) in [5.74, 6) is 0.750. The molecule has 0 spiro atoms. The lowest BCUT2D eigenvalue weighted by Crippen LogP contribution is -2.28. The van der Waals surface area contributed by atoms with Crippen LogP contribution in [0.1, 0.15) is 24.2 Å². The predicted octanol–water partition coefficient (Wildman–Crippen LogP) is 4.89. The van der Waals surface area contributed by atoms with Crippen molar-refractivity contribution in [3.63, 3.8) is 0 Å². The molecule has 0 fully saturated rings. The molecule has 0 saturated carbocycles. The molecular weight excluding hydrogens is 368 g/mol. The zero-order chi connectivity index (χ0) is 18.5. The van der Waals surface area contributed by atoms with Crippen molar-refractivity contribution < 1.29 is 9.53 Å². The number of carbonyl (C=O) groups is 1. The minimum absolute atomic E-state index is 0.0565. The van der Waals surface area contributed by atoms with E-state index in [9.17, 15) is 4.79 Å². The fourth-order valence-electron chi connectivity index (χ4n) is 2.55. The van der Waals surface area contributed by atoms with E-state index in [1.54, 1.807) is 7.11 Å². The van der Waals surface area contributed by atoms with Crippen molar-refractivity contribution in [3.8, 4) is 16.3 Å². The van der Waals surface area contributed by atoms with Gasteiger partial charge in [0.05, 0.1) is 25.3 Å². The van der Waals surface area contributed by atoms with E-state index in [-0.39, 0.29) is 18.4 Å². The van der Waals surface area contributed by atoms with Gasteiger partial charge in [-0.25, -0.2) is 4.98 Å². The van der Waals surface area contributed by atoms with Crippen LogP contribution in [-0.4, -0.2) is 18.0 Å². The fraction of sp³-hybridized carbons (Fsp3) is 0.200. The summed E-state index contributed by atoms with van der Waals surface area (Å²) < 4.78 is 5.17. The predicted molar refractivity (Wildman–Crippen MR) is 106 cm³/mol. The summed E-state index contributed by atoms with van der Waals surface area (Å²) in [6.45, 7) is 1.95. The smallest absolute Gasteiger partial charge is 0.226 e. The molecule has 1 aromatic heterocycles. The molecule has 0 aliphatic heterocycles. The number of ether oxygens (including phenoxy) is 1. The molecule has 1 N–H and O–H groups in total. The molecule has 0 aliphatic rings. The third-order valence-corrected chi connectivity index (χ3v) is 5.17. The van der Waals surface area contributed by atoms with Crippen molar-refractivity contribution in [2.75, 3.05) is 7.11 Å². The van der Waals surface area contributed by atoms with Gasteiger partial charge >= 0.3 is 0 Å². The Morgan fingerprint density at radius 1 is 1.19 bits per heavy atom. The van der Waals surface area contributed by atoms with E-state index < -0.39 is 0 Å². The Kier molecular flexibility index (Phi) is 5.91. The van der Waals surface area contributed by atoms with Crippen molar-refractivity contribution in [1.82, 2.24) is 10.3 Å². The van der Waals surface area contributed by atoms with E-state index in [0.29, 0.717) is 5.02 Å². The standard InChI is InChI=1S/C20H19ClN2O2S/c1-13(14-3-7-16(21)8-4-14)22-19(24)11-17-12-26-20(23-17)15-5-9-18(25-2)10-6-15/h3-10,12-13H,11H2,1-2H3,(H,22,24)/t13-/m0/s1. The van der Waals surface area contributed by atoms with Gasteiger partial charge < -0.3 is 10.1 Å².